The number of aromatic carboxylic acids is 3. The number of halogens is 2. The number of aromatic nitrogens is 9. The molecule has 0 fully saturated rings. The van der Waals surface area contributed by atoms with E-state index in [0.717, 1.165) is 51.0 Å². The molecule has 0 aliphatic heterocycles. The molecule has 6 heterocycles. The molecule has 0 saturated carbocycles. The van der Waals surface area contributed by atoms with Gasteiger partial charge < -0.3 is 40.3 Å². The van der Waals surface area contributed by atoms with Gasteiger partial charge in [-0.1, -0.05) is 34.5 Å². The summed E-state index contributed by atoms with van der Waals surface area (Å²) in [5.41, 5.74) is -7.28. The smallest absolute Gasteiger partial charge is 0.744 e. The van der Waals surface area contributed by atoms with E-state index in [4.69, 9.17) is 53.1 Å². The van der Waals surface area contributed by atoms with E-state index in [2.05, 4.69) is 69.8 Å². The molecule has 3 aromatic carbocycles. The molecular formula is C55H33Cl2KN20O17S3. The fraction of sp³-hybridized carbons (Fsp3) is 0.109. The molecular weight excluding hydrogens is 1420 g/mol. The first-order valence-electron chi connectivity index (χ1n) is 25.7. The van der Waals surface area contributed by atoms with E-state index in [-0.39, 0.29) is 118 Å². The molecule has 7 N–H and O–H groups in total. The number of imidazole rings is 1. The number of hydrogen-bond donors (Lipinski definition) is 7. The van der Waals surface area contributed by atoms with Crippen molar-refractivity contribution in [3.05, 3.63) is 186 Å². The van der Waals surface area contributed by atoms with Gasteiger partial charge in [0.05, 0.1) is 68.4 Å². The van der Waals surface area contributed by atoms with Gasteiger partial charge in [0.1, 0.15) is 56.7 Å². The van der Waals surface area contributed by atoms with Gasteiger partial charge in [-0.3, -0.25) is 37.4 Å². The third-order valence-corrected chi connectivity index (χ3v) is 15.7. The fourth-order valence-electron chi connectivity index (χ4n) is 8.25. The van der Waals surface area contributed by atoms with Gasteiger partial charge in [0.2, 0.25) is 22.8 Å². The van der Waals surface area contributed by atoms with Crippen molar-refractivity contribution < 1.29 is 119 Å². The van der Waals surface area contributed by atoms with Gasteiger partial charge in [0, 0.05) is 11.5 Å². The van der Waals surface area contributed by atoms with Crippen molar-refractivity contribution in [3.8, 4) is 46.8 Å². The van der Waals surface area contributed by atoms with E-state index >= 15 is 0 Å². The number of nitrogens with zero attached hydrogens (tertiary/aromatic N) is 20. The Hall–Kier alpha value is -11.5. The van der Waals surface area contributed by atoms with Crippen LogP contribution in [0.3, 0.4) is 0 Å². The summed E-state index contributed by atoms with van der Waals surface area (Å²) in [5.74, 6) is -7.98. The standard InChI is InChI=1S/C22H12N8O8.C17H12N6O4S.C16H10Cl2N6O5S2.K/c1-9-16(25-2)18(33)30(12-4-10(20(35)36)3-11(5-12)21(37)38)19(34)17(9)27-28-22-26-13(6-23)14(7-24)29(22)8-15(31)32;1-8-12(18-3)14(24)23(11-6-4-10(5-7-11)16(26)27)15(25)13(8)20-22-17-21-19-9(2)28-17;1-6-12(19-3)14(25)24(10-4-9(18)11(5-8(10)17)31(27,28)29)15(26)13(6)21-22-16-20-7(2)23-30-16;/h3-5,33H,8H2,1H3,(H,31,32)(H,35,36)(H,37,38);4-7,24H,1-2H3,(H,26,27);4-5,25H,1-2H3,(H,27,28,29);/q;;;+1/p-1. The Kier molecular flexibility index (Phi) is 24.2. The number of carboxylic acids is 4. The second-order valence-corrected chi connectivity index (χ2v) is 22.8. The van der Waals surface area contributed by atoms with E-state index < -0.39 is 135 Å². The van der Waals surface area contributed by atoms with Crippen LogP contribution in [0.15, 0.2) is 105 Å². The summed E-state index contributed by atoms with van der Waals surface area (Å²) in [6.45, 7) is 28.7. The van der Waals surface area contributed by atoms with Crippen LogP contribution in [-0.2, 0) is 21.5 Å². The Labute approximate surface area is 606 Å². The third kappa shape index (κ3) is 16.1. The van der Waals surface area contributed by atoms with Crippen molar-refractivity contribution in [1.29, 1.82) is 10.5 Å². The van der Waals surface area contributed by atoms with Crippen LogP contribution in [0.2, 0.25) is 10.0 Å². The van der Waals surface area contributed by atoms with Crippen LogP contribution in [0.5, 0.6) is 17.6 Å². The molecule has 0 radical (unpaired) electrons. The van der Waals surface area contributed by atoms with Crippen molar-refractivity contribution >= 4 is 130 Å². The molecule has 43 heteroatoms. The van der Waals surface area contributed by atoms with Crippen molar-refractivity contribution in [2.24, 2.45) is 30.7 Å². The maximum absolute atomic E-state index is 13.3. The zero-order chi connectivity index (χ0) is 71.8. The van der Waals surface area contributed by atoms with E-state index in [1.807, 2.05) is 0 Å². The van der Waals surface area contributed by atoms with Crippen molar-refractivity contribution in [2.45, 2.75) is 46.1 Å². The Bertz CT molecular complexity index is 5460. The first kappa shape index (κ1) is 75.5. The molecule has 0 atom stereocenters. The number of carboxylic acid groups (broad SMARTS) is 4. The SMILES string of the molecule is [C-]#[N+]c1c(C)c(N=Nc2nc(C#N)c(C#N)n2CC(=O)O)c(=O)n(-c2cc(C(=O)O)cc(C(=O)O)c2)c1O.[C-]#[N+]c1c(C)c(N=Nc2nc(C)ns2)c(=O)n(-c2cc(Cl)c(S(=O)(=O)[O-])cc2Cl)c1O.[C-]#[N+]c1c(C)c(N=Nc2nnc(C)s2)c(=O)n(-c2ccc(C(=O)O)cc2)c1O.[K+]. The predicted octanol–water partition coefficient (Wildman–Crippen LogP) is 7.11. The van der Waals surface area contributed by atoms with Crippen LogP contribution >= 0.6 is 46.1 Å². The van der Waals surface area contributed by atoms with E-state index in [9.17, 15) is 82.6 Å². The summed E-state index contributed by atoms with van der Waals surface area (Å²) < 4.78 is 40.6. The van der Waals surface area contributed by atoms with Gasteiger partial charge in [-0.25, -0.2) is 42.3 Å². The van der Waals surface area contributed by atoms with Gasteiger partial charge in [-0.15, -0.1) is 40.9 Å². The van der Waals surface area contributed by atoms with Crippen molar-refractivity contribution in [2.75, 3.05) is 0 Å². The summed E-state index contributed by atoms with van der Waals surface area (Å²) in [6.07, 6.45) is 0. The molecule has 9 rings (SSSR count). The predicted molar refractivity (Wildman–Crippen MR) is 334 cm³/mol. The van der Waals surface area contributed by atoms with Crippen LogP contribution < -0.4 is 68.1 Å². The number of aliphatic carboxylic acids is 1. The molecule has 0 saturated heterocycles. The first-order chi connectivity index (χ1) is 45.7. The van der Waals surface area contributed by atoms with Crippen molar-refractivity contribution in [3.63, 3.8) is 0 Å². The zero-order valence-electron chi connectivity index (χ0n) is 50.0. The summed E-state index contributed by atoms with van der Waals surface area (Å²) in [5, 5.41) is 118. The van der Waals surface area contributed by atoms with Gasteiger partial charge in [-0.05, 0) is 106 Å². The maximum Gasteiger partial charge on any atom is 1.00 e. The number of rotatable bonds is 15. The molecule has 0 spiro atoms. The molecule has 0 aliphatic carbocycles. The maximum atomic E-state index is 13.3. The van der Waals surface area contributed by atoms with Crippen LogP contribution in [-0.4, -0.2) is 115 Å². The summed E-state index contributed by atoms with van der Waals surface area (Å²) in [6, 6.07) is 12.7. The molecule has 98 heavy (non-hydrogen) atoms. The first-order valence-corrected chi connectivity index (χ1v) is 29.5. The molecule has 488 valence electrons. The molecule has 0 amide bonds. The largest absolute Gasteiger partial charge is 1.00 e. The molecule has 0 aliphatic rings. The monoisotopic (exact) mass is 1450 g/mol. The molecule has 0 bridgehead atoms. The van der Waals surface area contributed by atoms with Crippen LogP contribution in [0.1, 0.15) is 70.0 Å². The van der Waals surface area contributed by atoms with Crippen LogP contribution in [0.25, 0.3) is 31.6 Å². The number of carbonyl (C=O) groups is 4. The minimum Gasteiger partial charge on any atom is -0.744 e. The quantitative estimate of drug-likeness (QED) is 0.0233. The zero-order valence-corrected chi connectivity index (χ0v) is 57.1. The molecule has 6 aromatic heterocycles. The number of aryl methyl sites for hydroxylation is 2. The average Bonchev–Trinajstić information content (AvgIpc) is 1.00. The number of benzene rings is 3. The molecule has 0 unspecified atom stereocenters. The molecule has 9 aromatic rings. The number of azo groups is 3. The number of aromatic hydroxyl groups is 3. The van der Waals surface area contributed by atoms with E-state index in [0.29, 0.717) is 20.0 Å². The fourth-order valence-corrected chi connectivity index (χ4v) is 10.6. The molecule has 37 nitrogen and oxygen atoms in total. The Balaban J connectivity index is 0.000000234. The summed E-state index contributed by atoms with van der Waals surface area (Å²) in [7, 11) is -4.95. The second kappa shape index (κ2) is 31.4. The number of pyridine rings is 3. The number of hydrogen-bond acceptors (Lipinski definition) is 28. The topological polar surface area (TPSA) is 537 Å². The van der Waals surface area contributed by atoms with E-state index in [1.165, 1.54) is 56.4 Å². The van der Waals surface area contributed by atoms with Gasteiger partial charge in [-0.2, -0.15) is 19.9 Å². The van der Waals surface area contributed by atoms with E-state index in [1.54, 1.807) is 26.0 Å². The van der Waals surface area contributed by atoms with Gasteiger partial charge in [0.15, 0.2) is 11.4 Å². The Morgan fingerprint density at radius 3 is 1.51 bits per heavy atom. The van der Waals surface area contributed by atoms with Gasteiger partial charge in [0.25, 0.3) is 44.8 Å². The van der Waals surface area contributed by atoms with Gasteiger partial charge >= 0.3 is 75.3 Å². The normalized spacial score (nSPS) is 10.9. The Morgan fingerprint density at radius 1 is 0.622 bits per heavy atom. The minimum absolute atomic E-state index is 0. The average molecular weight is 1450 g/mol. The van der Waals surface area contributed by atoms with Crippen LogP contribution in [0, 0.1) is 77.0 Å². The van der Waals surface area contributed by atoms with Crippen LogP contribution in [0.4, 0.5) is 50.3 Å². The second-order valence-electron chi connectivity index (χ2n) is 18.8. The Morgan fingerprint density at radius 2 is 1.09 bits per heavy atom. The van der Waals surface area contributed by atoms with Crippen molar-refractivity contribution in [1.82, 2.24) is 42.8 Å². The minimum atomic E-state index is -4.95. The summed E-state index contributed by atoms with van der Waals surface area (Å²) in [4.78, 5) is 101. The summed E-state index contributed by atoms with van der Waals surface area (Å²) >= 11 is 14.1. The third-order valence-electron chi connectivity index (χ3n) is 12.7. The number of nitriles is 2.